The van der Waals surface area contributed by atoms with E-state index in [0.29, 0.717) is 67.6 Å². The fourth-order valence-corrected chi connectivity index (χ4v) is 13.4. The molecule has 0 spiro atoms. The van der Waals surface area contributed by atoms with Crippen LogP contribution in [0.5, 0.6) is 0 Å². The maximum Gasteiger partial charge on any atom is 0.233 e. The summed E-state index contributed by atoms with van der Waals surface area (Å²) in [6.45, 7) is 4.37. The molecule has 0 aliphatic carbocycles. The van der Waals surface area contributed by atoms with Crippen molar-refractivity contribution in [2.75, 3.05) is 35.0 Å². The van der Waals surface area contributed by atoms with E-state index in [9.17, 15) is 41.8 Å². The molecule has 3 amide bonds. The molecule has 6 atom stereocenters. The van der Waals surface area contributed by atoms with E-state index in [-0.39, 0.29) is 34.4 Å². The lowest BCUT2D eigenvalue weighted by molar-refractivity contribution is -0.131. The lowest BCUT2D eigenvalue weighted by Gasteiger charge is -2.48. The molecule has 0 saturated carbocycles. The van der Waals surface area contributed by atoms with Gasteiger partial charge in [-0.1, -0.05) is 114 Å². The summed E-state index contributed by atoms with van der Waals surface area (Å²) in [6, 6.07) is 31.8. The quantitative estimate of drug-likeness (QED) is 0.0315. The topological polar surface area (TPSA) is 156 Å². The summed E-state index contributed by atoms with van der Waals surface area (Å²) in [7, 11) is 0.102. The standard InChI is InChI=1S/C61H76F2N4O7S/c1-5-7-36-61(6-2)41-75(73,74)54-35-32-50(66(3)4)39-52(54)57(59(61)71)44-19-17-21-48(38-44)65-56(70)23-15-13-11-9-8-10-12-14-22-55(69)64-40-42-18-16-20-45(37-42)58-51(33-34-53(68)43-24-26-46(62)27-25-43)60(72)67(58)49-30-28-47(63)29-31-49/h16-21,24-32,35,37-39,51,53,57-59,68,71H,5-15,22-23,33-34,36,40-41H2,1-4H3,(H,64,69)(H,65,70). The molecule has 4 N–H and O–H groups in total. The molecule has 75 heavy (non-hydrogen) atoms. The van der Waals surface area contributed by atoms with Crippen LogP contribution in [0.2, 0.25) is 0 Å². The second kappa shape index (κ2) is 26.2. The summed E-state index contributed by atoms with van der Waals surface area (Å²) in [4.78, 5) is 43.5. The number of benzene rings is 5. The summed E-state index contributed by atoms with van der Waals surface area (Å²) in [6.07, 6.45) is 9.95. The summed E-state index contributed by atoms with van der Waals surface area (Å²) in [5.74, 6) is -2.21. The minimum absolute atomic E-state index is 0.0350. The zero-order chi connectivity index (χ0) is 53.7. The SMILES string of the molecule is CCCCC1(CC)CS(=O)(=O)c2ccc(N(C)C)cc2C(c2cccc(NC(=O)CCCCCCCCCCC(=O)NCc3cccc(C4C(CCC(O)c5ccc(F)cc5)C(=O)N4c4ccc(F)cc4)c3)c2)C1O. The summed E-state index contributed by atoms with van der Waals surface area (Å²) in [5.41, 5.74) is 4.88. The molecule has 2 heterocycles. The Morgan fingerprint density at radius 2 is 1.40 bits per heavy atom. The Balaban J connectivity index is 0.825. The van der Waals surface area contributed by atoms with Crippen molar-refractivity contribution in [3.63, 3.8) is 0 Å². The molecule has 5 aromatic rings. The predicted molar refractivity (Wildman–Crippen MR) is 293 cm³/mol. The Bertz CT molecular complexity index is 2830. The number of fused-ring (bicyclic) bond motifs is 1. The van der Waals surface area contributed by atoms with Crippen LogP contribution in [0.25, 0.3) is 0 Å². The van der Waals surface area contributed by atoms with Crippen LogP contribution < -0.4 is 20.4 Å². The third-order valence-electron chi connectivity index (χ3n) is 15.5. The Kier molecular flexibility index (Phi) is 19.8. The molecule has 11 nitrogen and oxygen atoms in total. The summed E-state index contributed by atoms with van der Waals surface area (Å²) in [5, 5.41) is 29.3. The van der Waals surface area contributed by atoms with Crippen molar-refractivity contribution in [3.8, 4) is 0 Å². The van der Waals surface area contributed by atoms with Crippen LogP contribution >= 0.6 is 0 Å². The Morgan fingerprint density at radius 3 is 2.05 bits per heavy atom. The van der Waals surface area contributed by atoms with Crippen molar-refractivity contribution in [3.05, 3.63) is 155 Å². The van der Waals surface area contributed by atoms with Gasteiger partial charge in [0.2, 0.25) is 17.7 Å². The number of aliphatic hydroxyl groups excluding tert-OH is 2. The third kappa shape index (κ3) is 14.3. The molecule has 14 heteroatoms. The Morgan fingerprint density at radius 1 is 0.773 bits per heavy atom. The second-order valence-corrected chi connectivity index (χ2v) is 23.0. The van der Waals surface area contributed by atoms with Crippen molar-refractivity contribution in [2.45, 2.75) is 152 Å². The maximum absolute atomic E-state index is 14.1. The average molecular weight is 1050 g/mol. The molecular formula is C61H76F2N4O7S. The van der Waals surface area contributed by atoms with Gasteiger partial charge in [-0.3, -0.25) is 14.4 Å². The second-order valence-electron chi connectivity index (χ2n) is 21.0. The molecule has 1 fully saturated rings. The van der Waals surface area contributed by atoms with Crippen molar-refractivity contribution < 1.29 is 41.8 Å². The zero-order valence-corrected chi connectivity index (χ0v) is 44.9. The van der Waals surface area contributed by atoms with E-state index in [1.165, 1.54) is 36.4 Å². The van der Waals surface area contributed by atoms with Crippen LogP contribution in [0.15, 0.2) is 120 Å². The fourth-order valence-electron chi connectivity index (χ4n) is 11.1. The van der Waals surface area contributed by atoms with E-state index >= 15 is 0 Å². The number of aliphatic hydroxyl groups is 2. The first-order valence-electron chi connectivity index (χ1n) is 27.0. The van der Waals surface area contributed by atoms with E-state index in [1.807, 2.05) is 86.6 Å². The highest BCUT2D eigenvalue weighted by Crippen LogP contribution is 2.50. The molecule has 0 radical (unpaired) electrons. The molecule has 6 unspecified atom stereocenters. The highest BCUT2D eigenvalue weighted by Gasteiger charge is 2.50. The third-order valence-corrected chi connectivity index (χ3v) is 17.5. The van der Waals surface area contributed by atoms with Gasteiger partial charge < -0.3 is 30.6 Å². The number of hydrogen-bond donors (Lipinski definition) is 4. The first kappa shape index (κ1) is 56.8. The van der Waals surface area contributed by atoms with Crippen LogP contribution in [0.3, 0.4) is 0 Å². The van der Waals surface area contributed by atoms with Gasteiger partial charge in [0.25, 0.3) is 0 Å². The smallest absolute Gasteiger partial charge is 0.233 e. The number of unbranched alkanes of at least 4 members (excludes halogenated alkanes) is 8. The molecule has 5 aromatic carbocycles. The molecule has 1 saturated heterocycles. The number of carbonyl (C=O) groups excluding carboxylic acids is 3. The van der Waals surface area contributed by atoms with Gasteiger partial charge in [0.15, 0.2) is 9.84 Å². The van der Waals surface area contributed by atoms with Gasteiger partial charge in [-0.15, -0.1) is 0 Å². The number of carbonyl (C=O) groups is 3. The van der Waals surface area contributed by atoms with Gasteiger partial charge in [0, 0.05) is 61.9 Å². The number of anilines is 3. The van der Waals surface area contributed by atoms with Gasteiger partial charge in [-0.05, 0) is 133 Å². The number of nitrogens with one attached hydrogen (secondary N) is 2. The number of β-lactam (4-membered cyclic amide) rings is 1. The van der Waals surface area contributed by atoms with Gasteiger partial charge in [0.1, 0.15) is 11.6 Å². The number of amides is 3. The lowest BCUT2D eigenvalue weighted by atomic mass is 9.69. The van der Waals surface area contributed by atoms with E-state index in [4.69, 9.17) is 0 Å². The van der Waals surface area contributed by atoms with Gasteiger partial charge in [-0.25, -0.2) is 17.2 Å². The van der Waals surface area contributed by atoms with E-state index in [2.05, 4.69) is 17.6 Å². The monoisotopic (exact) mass is 1050 g/mol. The largest absolute Gasteiger partial charge is 0.392 e. The molecule has 0 bridgehead atoms. The summed E-state index contributed by atoms with van der Waals surface area (Å²) >= 11 is 0. The zero-order valence-electron chi connectivity index (χ0n) is 44.1. The predicted octanol–water partition coefficient (Wildman–Crippen LogP) is 12.3. The van der Waals surface area contributed by atoms with E-state index < -0.39 is 50.9 Å². The first-order chi connectivity index (χ1) is 36.0. The number of nitrogens with zero attached hydrogens (tertiary/aromatic N) is 2. The highest BCUT2D eigenvalue weighted by atomic mass is 32.2. The minimum atomic E-state index is -3.72. The first-order valence-corrected chi connectivity index (χ1v) is 28.7. The van der Waals surface area contributed by atoms with Crippen LogP contribution in [0, 0.1) is 23.0 Å². The molecule has 7 rings (SSSR count). The highest BCUT2D eigenvalue weighted by molar-refractivity contribution is 7.91. The van der Waals surface area contributed by atoms with E-state index in [0.717, 1.165) is 86.6 Å². The van der Waals surface area contributed by atoms with Gasteiger partial charge in [-0.2, -0.15) is 0 Å². The molecule has 0 aromatic heterocycles. The average Bonchev–Trinajstić information content (AvgIpc) is 3.46. The van der Waals surface area contributed by atoms with Crippen molar-refractivity contribution in [2.24, 2.45) is 11.3 Å². The van der Waals surface area contributed by atoms with Crippen LogP contribution in [0.4, 0.5) is 25.8 Å². The van der Waals surface area contributed by atoms with Crippen LogP contribution in [-0.2, 0) is 30.8 Å². The van der Waals surface area contributed by atoms with Crippen LogP contribution in [0.1, 0.15) is 162 Å². The molecule has 2 aliphatic rings. The number of sulfone groups is 1. The molecule has 402 valence electrons. The molecular weight excluding hydrogens is 971 g/mol. The minimum Gasteiger partial charge on any atom is -0.392 e. The van der Waals surface area contributed by atoms with Crippen molar-refractivity contribution in [1.82, 2.24) is 5.32 Å². The maximum atomic E-state index is 14.1. The number of rotatable bonds is 26. The Labute approximate surface area is 443 Å². The number of hydrogen-bond acceptors (Lipinski definition) is 8. The van der Waals surface area contributed by atoms with Crippen LogP contribution in [-0.4, -0.2) is 62.3 Å². The summed E-state index contributed by atoms with van der Waals surface area (Å²) < 4.78 is 55.5. The van der Waals surface area contributed by atoms with Crippen molar-refractivity contribution >= 4 is 44.6 Å². The van der Waals surface area contributed by atoms with Gasteiger partial charge in [0.05, 0.1) is 34.8 Å². The fraction of sp³-hybridized carbons (Fsp3) is 0.459. The Hall–Kier alpha value is -5.96. The van der Waals surface area contributed by atoms with E-state index in [1.54, 1.807) is 23.1 Å². The van der Waals surface area contributed by atoms with Crippen molar-refractivity contribution in [1.29, 1.82) is 0 Å². The number of halogens is 2. The lowest BCUT2D eigenvalue weighted by Crippen LogP contribution is -2.55. The van der Waals surface area contributed by atoms with Gasteiger partial charge >= 0.3 is 0 Å². The normalized spacial score (nSPS) is 20.4. The molecule has 2 aliphatic heterocycles.